The Bertz CT molecular complexity index is 2490. The summed E-state index contributed by atoms with van der Waals surface area (Å²) in [6.45, 7) is 0. The van der Waals surface area contributed by atoms with Crippen LogP contribution in [0, 0.1) is 0 Å². The topological polar surface area (TPSA) is 49.4 Å². The van der Waals surface area contributed by atoms with Gasteiger partial charge in [-0.15, -0.1) is 0 Å². The van der Waals surface area contributed by atoms with E-state index in [2.05, 4.69) is 141 Å². The number of rotatable bonds is 4. The van der Waals surface area contributed by atoms with Crippen molar-refractivity contribution in [1.29, 1.82) is 0 Å². The minimum absolute atomic E-state index is 0.764. The molecule has 0 aromatic heterocycles. The normalized spacial score (nSPS) is 18.0. The van der Waals surface area contributed by atoms with Crippen molar-refractivity contribution in [2.45, 2.75) is 0 Å². The molecule has 5 heterocycles. The first kappa shape index (κ1) is 30.5. The van der Waals surface area contributed by atoms with Crippen molar-refractivity contribution in [2.24, 2.45) is 20.0 Å². The lowest BCUT2D eigenvalue weighted by Crippen LogP contribution is -2.07. The first-order chi connectivity index (χ1) is 24.6. The molecule has 4 aromatic rings. The molecule has 0 atom stereocenters. The van der Waals surface area contributed by atoms with Gasteiger partial charge in [-0.25, -0.2) is 20.0 Å². The summed E-state index contributed by atoms with van der Waals surface area (Å²) in [5, 5.41) is 0. The van der Waals surface area contributed by atoms with E-state index in [1.54, 1.807) is 0 Å². The van der Waals surface area contributed by atoms with Gasteiger partial charge in [-0.2, -0.15) is 0 Å². The highest BCUT2D eigenvalue weighted by molar-refractivity contribution is 9.12. The Labute approximate surface area is 307 Å². The van der Waals surface area contributed by atoms with Gasteiger partial charge >= 0.3 is 0 Å². The summed E-state index contributed by atoms with van der Waals surface area (Å²) in [5.41, 5.74) is 14.7. The van der Waals surface area contributed by atoms with Crippen molar-refractivity contribution in [3.63, 3.8) is 0 Å². The maximum Gasteiger partial charge on any atom is 0.0950 e. The van der Waals surface area contributed by atoms with E-state index in [-0.39, 0.29) is 0 Å². The minimum Gasteiger partial charge on any atom is -0.249 e. The lowest BCUT2D eigenvalue weighted by molar-refractivity contribution is 1.40. The van der Waals surface area contributed by atoms with Crippen LogP contribution in [0.15, 0.2) is 210 Å². The maximum atomic E-state index is 5.58. The van der Waals surface area contributed by atoms with Crippen molar-refractivity contribution in [3.8, 4) is 0 Å². The van der Waals surface area contributed by atoms with Crippen LogP contribution in [0.1, 0.15) is 22.3 Å². The van der Waals surface area contributed by atoms with Crippen LogP contribution in [0.25, 0.3) is 22.3 Å². The average Bonchev–Trinajstić information content (AvgIpc) is 3.96. The van der Waals surface area contributed by atoms with E-state index in [1.807, 2.05) is 48.6 Å². The molecule has 50 heavy (non-hydrogen) atoms. The summed E-state index contributed by atoms with van der Waals surface area (Å²) in [4.78, 5) is 21.0. The fraction of sp³-hybridized carbons (Fsp3) is 0. The molecule has 0 saturated carbocycles. The SMILES string of the molecule is BrC1=C2N=C(C(c3ccccc3)=C2Br)C(c2ccccc2)=C2N=C(C=C3C=CC(=N3)C=C3C=CC1=N3)C(c1ccccc1)=C2c1ccccc1. The lowest BCUT2D eigenvalue weighted by Gasteiger charge is -2.17. The van der Waals surface area contributed by atoms with Crippen LogP contribution >= 0.6 is 31.9 Å². The number of benzene rings is 4. The Morgan fingerprint density at radius 2 is 0.880 bits per heavy atom. The second-order valence-corrected chi connectivity index (χ2v) is 13.7. The van der Waals surface area contributed by atoms with E-state index in [4.69, 9.17) is 20.0 Å². The highest BCUT2D eigenvalue weighted by Crippen LogP contribution is 2.49. The van der Waals surface area contributed by atoms with Crippen LogP contribution in [0.3, 0.4) is 0 Å². The molecule has 0 unspecified atom stereocenters. The van der Waals surface area contributed by atoms with E-state index in [0.717, 1.165) is 99.1 Å². The average molecular weight is 771 g/mol. The zero-order valence-electron chi connectivity index (χ0n) is 26.6. The van der Waals surface area contributed by atoms with Crippen LogP contribution < -0.4 is 0 Å². The van der Waals surface area contributed by atoms with E-state index in [1.165, 1.54) is 0 Å². The van der Waals surface area contributed by atoms with Gasteiger partial charge in [0.2, 0.25) is 0 Å². The van der Waals surface area contributed by atoms with E-state index < -0.39 is 0 Å². The molecule has 0 saturated heterocycles. The molecule has 236 valence electrons. The molecule has 0 N–H and O–H groups in total. The fourth-order valence-electron chi connectivity index (χ4n) is 6.72. The molecule has 0 amide bonds. The van der Waals surface area contributed by atoms with Crippen molar-refractivity contribution >= 4 is 77.0 Å². The zero-order chi connectivity index (χ0) is 33.6. The second kappa shape index (κ2) is 12.7. The molecule has 0 fully saturated rings. The summed E-state index contributed by atoms with van der Waals surface area (Å²) >= 11 is 7.96. The van der Waals surface area contributed by atoms with Crippen molar-refractivity contribution in [2.75, 3.05) is 0 Å². The van der Waals surface area contributed by atoms with E-state index in [0.29, 0.717) is 0 Å². The quantitative estimate of drug-likeness (QED) is 0.198. The second-order valence-electron chi connectivity index (χ2n) is 12.1. The first-order valence-corrected chi connectivity index (χ1v) is 17.9. The van der Waals surface area contributed by atoms with Crippen LogP contribution in [0.2, 0.25) is 0 Å². The molecule has 0 spiro atoms. The third-order valence-electron chi connectivity index (χ3n) is 8.94. The van der Waals surface area contributed by atoms with Gasteiger partial charge in [0, 0.05) is 22.3 Å². The van der Waals surface area contributed by atoms with Gasteiger partial charge in [0.05, 0.1) is 54.6 Å². The van der Waals surface area contributed by atoms with Crippen LogP contribution in [0.5, 0.6) is 0 Å². The summed E-state index contributed by atoms with van der Waals surface area (Å²) in [5.74, 6) is 0. The molecular formula is C44H26Br2N4. The molecule has 4 aromatic carbocycles. The Balaban J connectivity index is 1.46. The minimum atomic E-state index is 0.764. The molecule has 6 heteroatoms. The van der Waals surface area contributed by atoms with Gasteiger partial charge in [-0.05, 0) is 90.6 Å². The summed E-state index contributed by atoms with van der Waals surface area (Å²) < 4.78 is 1.67. The molecule has 5 aliphatic rings. The number of aliphatic imine (C=N–C) groups is 4. The van der Waals surface area contributed by atoms with Crippen LogP contribution in [0.4, 0.5) is 0 Å². The number of fused-ring (bicyclic) bond motifs is 4. The van der Waals surface area contributed by atoms with Gasteiger partial charge in [0.15, 0.2) is 0 Å². The standard InChI is InChI=1S/C44H26Br2N4/c45-40-34-24-23-32(48-34)25-31-21-22-33(47-31)26-35-36(27-13-5-1-6-14-27)37(28-15-7-2-8-16-28)42(49-35)39(30-19-11-4-12-20-30)43-38(41(46)44(40)50-43)29-17-9-3-10-18-29/h1-26H. The molecule has 9 rings (SSSR count). The molecular weight excluding hydrogens is 744 g/mol. The summed E-state index contributed by atoms with van der Waals surface area (Å²) in [6.07, 6.45) is 12.2. The third-order valence-corrected chi connectivity index (χ3v) is 10.5. The molecule has 8 bridgehead atoms. The Morgan fingerprint density at radius 3 is 1.50 bits per heavy atom. The van der Waals surface area contributed by atoms with Gasteiger partial charge < -0.3 is 0 Å². The zero-order valence-corrected chi connectivity index (χ0v) is 29.7. The van der Waals surface area contributed by atoms with E-state index >= 15 is 0 Å². The van der Waals surface area contributed by atoms with Crippen LogP contribution in [-0.4, -0.2) is 22.8 Å². The van der Waals surface area contributed by atoms with Crippen molar-refractivity contribution in [3.05, 3.63) is 212 Å². The first-order valence-electron chi connectivity index (χ1n) is 16.3. The van der Waals surface area contributed by atoms with Gasteiger partial charge in [-0.3, -0.25) is 0 Å². The number of hydrogen-bond acceptors (Lipinski definition) is 4. The maximum absolute atomic E-state index is 5.58. The highest BCUT2D eigenvalue weighted by atomic mass is 79.9. The summed E-state index contributed by atoms with van der Waals surface area (Å²) in [7, 11) is 0. The van der Waals surface area contributed by atoms with Crippen molar-refractivity contribution < 1.29 is 0 Å². The smallest absolute Gasteiger partial charge is 0.0950 e. The monoisotopic (exact) mass is 768 g/mol. The van der Waals surface area contributed by atoms with Gasteiger partial charge in [0.25, 0.3) is 0 Å². The number of allylic oxidation sites excluding steroid dienone is 12. The number of nitrogens with zero attached hydrogens (tertiary/aromatic N) is 4. The number of halogens is 2. The molecule has 0 aliphatic carbocycles. The highest BCUT2D eigenvalue weighted by Gasteiger charge is 2.35. The third kappa shape index (κ3) is 5.38. The number of hydrogen-bond donors (Lipinski definition) is 0. The Hall–Kier alpha value is -5.56. The van der Waals surface area contributed by atoms with Crippen LogP contribution in [-0.2, 0) is 0 Å². The molecule has 0 radical (unpaired) electrons. The molecule has 5 aliphatic heterocycles. The Morgan fingerprint density at radius 1 is 0.360 bits per heavy atom. The lowest BCUT2D eigenvalue weighted by atomic mass is 9.86. The predicted octanol–water partition coefficient (Wildman–Crippen LogP) is 11.1. The Kier molecular flexibility index (Phi) is 7.76. The predicted molar refractivity (Wildman–Crippen MR) is 215 cm³/mol. The summed E-state index contributed by atoms with van der Waals surface area (Å²) in [6, 6.07) is 42.0. The largest absolute Gasteiger partial charge is 0.249 e. The van der Waals surface area contributed by atoms with Gasteiger partial charge in [0.1, 0.15) is 0 Å². The van der Waals surface area contributed by atoms with E-state index in [9.17, 15) is 0 Å². The van der Waals surface area contributed by atoms with Crippen molar-refractivity contribution in [1.82, 2.24) is 0 Å². The fourth-order valence-corrected chi connectivity index (χ4v) is 8.20. The molecule has 4 nitrogen and oxygen atoms in total. The van der Waals surface area contributed by atoms with Gasteiger partial charge in [-0.1, -0.05) is 121 Å².